The molecule has 0 aliphatic carbocycles. The number of ether oxygens (including phenoxy) is 1. The van der Waals surface area contributed by atoms with Crippen LogP contribution in [0.4, 0.5) is 19.0 Å². The highest BCUT2D eigenvalue weighted by Gasteiger charge is 2.41. The van der Waals surface area contributed by atoms with Crippen molar-refractivity contribution in [3.8, 4) is 6.07 Å². The van der Waals surface area contributed by atoms with Crippen molar-refractivity contribution in [2.75, 3.05) is 31.6 Å². The molecule has 1 unspecified atom stereocenters. The predicted molar refractivity (Wildman–Crippen MR) is 82.4 cm³/mol. The van der Waals surface area contributed by atoms with Crippen LogP contribution in [0.2, 0.25) is 0 Å². The minimum absolute atomic E-state index is 0.0537. The molecule has 1 atom stereocenters. The average Bonchev–Trinajstić information content (AvgIpc) is 2.64. The van der Waals surface area contributed by atoms with Crippen molar-refractivity contribution in [1.29, 1.82) is 5.26 Å². The van der Waals surface area contributed by atoms with Crippen molar-refractivity contribution >= 4 is 17.7 Å². The van der Waals surface area contributed by atoms with E-state index in [2.05, 4.69) is 20.8 Å². The SMILES string of the molecule is COC(=O)C1CN(/N=C(\ON)C(F)(F)F)CCN1c1ccc(C#N)cn1. The van der Waals surface area contributed by atoms with Gasteiger partial charge >= 0.3 is 18.0 Å². The van der Waals surface area contributed by atoms with Gasteiger partial charge in [0.1, 0.15) is 17.9 Å². The summed E-state index contributed by atoms with van der Waals surface area (Å²) < 4.78 is 42.8. The van der Waals surface area contributed by atoms with Gasteiger partial charge in [-0.1, -0.05) is 0 Å². The van der Waals surface area contributed by atoms with Crippen molar-refractivity contribution in [2.24, 2.45) is 11.0 Å². The molecular weight excluding hydrogens is 357 g/mol. The highest BCUT2D eigenvalue weighted by atomic mass is 19.4. The lowest BCUT2D eigenvalue weighted by Crippen LogP contribution is -2.56. The number of nitrogens with two attached hydrogens (primary N) is 1. The number of aromatic nitrogens is 1. The molecule has 140 valence electrons. The quantitative estimate of drug-likeness (QED) is 0.350. The molecule has 0 aromatic carbocycles. The number of nitriles is 1. The van der Waals surface area contributed by atoms with Crippen LogP contribution >= 0.6 is 0 Å². The maximum atomic E-state index is 12.7. The smallest absolute Gasteiger partial charge is 0.467 e. The number of anilines is 1. The number of nitrogens with zero attached hydrogens (tertiary/aromatic N) is 5. The number of alkyl halides is 3. The molecule has 1 aliphatic heterocycles. The molecule has 0 bridgehead atoms. The van der Waals surface area contributed by atoms with E-state index in [0.717, 1.165) is 5.01 Å². The summed E-state index contributed by atoms with van der Waals surface area (Å²) in [4.78, 5) is 21.5. The summed E-state index contributed by atoms with van der Waals surface area (Å²) in [6.07, 6.45) is -3.53. The Hall–Kier alpha value is -3.07. The van der Waals surface area contributed by atoms with Crippen molar-refractivity contribution in [1.82, 2.24) is 9.99 Å². The van der Waals surface area contributed by atoms with E-state index in [0.29, 0.717) is 11.4 Å². The van der Waals surface area contributed by atoms with Gasteiger partial charge < -0.3 is 14.5 Å². The van der Waals surface area contributed by atoms with Gasteiger partial charge in [0, 0.05) is 12.7 Å². The third-order valence-electron chi connectivity index (χ3n) is 3.59. The molecule has 0 spiro atoms. The third-order valence-corrected chi connectivity index (χ3v) is 3.59. The molecule has 2 rings (SSSR count). The fraction of sp³-hybridized carbons (Fsp3) is 0.429. The molecule has 12 heteroatoms. The molecule has 2 heterocycles. The first-order chi connectivity index (χ1) is 12.3. The molecule has 1 aromatic heterocycles. The summed E-state index contributed by atoms with van der Waals surface area (Å²) >= 11 is 0. The van der Waals surface area contributed by atoms with Gasteiger partial charge in [-0.15, -0.1) is 5.10 Å². The molecule has 0 amide bonds. The van der Waals surface area contributed by atoms with Crippen LogP contribution in [-0.2, 0) is 14.4 Å². The largest absolute Gasteiger partial charge is 0.472 e. The first kappa shape index (κ1) is 19.3. The van der Waals surface area contributed by atoms with Gasteiger partial charge in [-0.05, 0) is 12.1 Å². The summed E-state index contributed by atoms with van der Waals surface area (Å²) in [6.45, 7) is -0.00666. The summed E-state index contributed by atoms with van der Waals surface area (Å²) in [5.41, 5.74) is 0.335. The number of halogens is 3. The molecule has 1 fully saturated rings. The molecule has 1 saturated heterocycles. The van der Waals surface area contributed by atoms with E-state index in [-0.39, 0.29) is 19.6 Å². The van der Waals surface area contributed by atoms with Crippen LogP contribution in [0.15, 0.2) is 23.4 Å². The van der Waals surface area contributed by atoms with Crippen LogP contribution in [0.1, 0.15) is 5.56 Å². The lowest BCUT2D eigenvalue weighted by Gasteiger charge is -2.39. The first-order valence-electron chi connectivity index (χ1n) is 7.28. The lowest BCUT2D eigenvalue weighted by atomic mass is 10.1. The zero-order valence-electron chi connectivity index (χ0n) is 13.6. The molecule has 9 nitrogen and oxygen atoms in total. The second kappa shape index (κ2) is 7.87. The molecule has 0 radical (unpaired) electrons. The number of rotatable bonds is 3. The number of carbonyl (C=O) groups excluding carboxylic acids is 1. The minimum Gasteiger partial charge on any atom is -0.467 e. The third kappa shape index (κ3) is 4.31. The number of hydrazone groups is 1. The summed E-state index contributed by atoms with van der Waals surface area (Å²) in [7, 11) is 1.17. The number of pyridine rings is 1. The number of methoxy groups -OCH3 is 1. The second-order valence-corrected chi connectivity index (χ2v) is 5.18. The highest BCUT2D eigenvalue weighted by molar-refractivity contribution is 5.82. The van der Waals surface area contributed by atoms with Crippen LogP contribution in [0, 0.1) is 11.3 Å². The average molecular weight is 372 g/mol. The Morgan fingerprint density at radius 2 is 2.19 bits per heavy atom. The zero-order valence-corrected chi connectivity index (χ0v) is 13.6. The van der Waals surface area contributed by atoms with Crippen molar-refractivity contribution in [3.63, 3.8) is 0 Å². The van der Waals surface area contributed by atoms with Crippen LogP contribution in [0.25, 0.3) is 0 Å². The Bertz CT molecular complexity index is 716. The van der Waals surface area contributed by atoms with Gasteiger partial charge in [0.2, 0.25) is 0 Å². The highest BCUT2D eigenvalue weighted by Crippen LogP contribution is 2.22. The normalized spacial score (nSPS) is 18.3. The van der Waals surface area contributed by atoms with Crippen LogP contribution < -0.4 is 10.8 Å². The molecule has 0 saturated carbocycles. The Balaban J connectivity index is 2.25. The van der Waals surface area contributed by atoms with E-state index in [1.165, 1.54) is 25.4 Å². The van der Waals surface area contributed by atoms with Gasteiger partial charge in [0.15, 0.2) is 0 Å². The van der Waals surface area contributed by atoms with Gasteiger partial charge in [0.25, 0.3) is 0 Å². The Labute approximate surface area is 146 Å². The van der Waals surface area contributed by atoms with E-state index in [1.807, 2.05) is 6.07 Å². The molecule has 1 aliphatic rings. The fourth-order valence-corrected chi connectivity index (χ4v) is 2.37. The molecular formula is C14H15F3N6O3. The first-order valence-corrected chi connectivity index (χ1v) is 7.28. The molecule has 1 aromatic rings. The van der Waals surface area contributed by atoms with Crippen LogP contribution in [0.3, 0.4) is 0 Å². The molecule has 26 heavy (non-hydrogen) atoms. The predicted octanol–water partition coefficient (Wildman–Crippen LogP) is 0.383. The second-order valence-electron chi connectivity index (χ2n) is 5.18. The Morgan fingerprint density at radius 3 is 2.69 bits per heavy atom. The van der Waals surface area contributed by atoms with Gasteiger partial charge in [0.05, 0.1) is 25.8 Å². The number of hydrogen-bond donors (Lipinski definition) is 1. The van der Waals surface area contributed by atoms with Crippen molar-refractivity contribution in [3.05, 3.63) is 23.9 Å². The zero-order chi connectivity index (χ0) is 19.3. The number of piperazine rings is 1. The Morgan fingerprint density at radius 1 is 1.46 bits per heavy atom. The summed E-state index contributed by atoms with van der Waals surface area (Å²) in [5, 5.41) is 13.2. The standard InChI is InChI=1S/C14H15F3N6O3/c1-25-12(24)10-8-22(21-13(26-19)14(15,16)17)4-5-23(10)11-3-2-9(6-18)7-20-11/h2-3,7,10H,4-5,8,19H2,1H3/b21-13-. The lowest BCUT2D eigenvalue weighted by molar-refractivity contribution is -0.143. The number of carbonyl (C=O) groups is 1. The maximum absolute atomic E-state index is 12.7. The van der Waals surface area contributed by atoms with Crippen LogP contribution in [-0.4, -0.2) is 60.8 Å². The Kier molecular flexibility index (Phi) is 5.83. The van der Waals surface area contributed by atoms with E-state index in [1.54, 1.807) is 4.90 Å². The topological polar surface area (TPSA) is 117 Å². The molecule has 2 N–H and O–H groups in total. The number of hydrogen-bond acceptors (Lipinski definition) is 9. The van der Waals surface area contributed by atoms with E-state index < -0.39 is 24.1 Å². The fourth-order valence-electron chi connectivity index (χ4n) is 2.37. The van der Waals surface area contributed by atoms with Crippen molar-refractivity contribution < 1.29 is 27.5 Å². The monoisotopic (exact) mass is 372 g/mol. The summed E-state index contributed by atoms with van der Waals surface area (Å²) in [6, 6.07) is 4.03. The van der Waals surface area contributed by atoms with Gasteiger partial charge in [-0.3, -0.25) is 5.01 Å². The minimum atomic E-state index is -4.86. The maximum Gasteiger partial charge on any atom is 0.472 e. The van der Waals surface area contributed by atoms with E-state index in [4.69, 9.17) is 10.00 Å². The number of esters is 1. The van der Waals surface area contributed by atoms with E-state index in [9.17, 15) is 18.0 Å². The van der Waals surface area contributed by atoms with Gasteiger partial charge in [-0.25, -0.2) is 9.78 Å². The summed E-state index contributed by atoms with van der Waals surface area (Å²) in [5.74, 6) is 2.72. The van der Waals surface area contributed by atoms with E-state index >= 15 is 0 Å². The van der Waals surface area contributed by atoms with Gasteiger partial charge in [-0.2, -0.15) is 24.3 Å². The van der Waals surface area contributed by atoms with Crippen molar-refractivity contribution in [2.45, 2.75) is 12.2 Å². The van der Waals surface area contributed by atoms with Crippen LogP contribution in [0.5, 0.6) is 0 Å².